The predicted molar refractivity (Wildman–Crippen MR) is 97.7 cm³/mol. The number of benzene rings is 1. The van der Waals surface area contributed by atoms with E-state index in [1.54, 1.807) is 6.92 Å². The van der Waals surface area contributed by atoms with Gasteiger partial charge in [0.05, 0.1) is 24.5 Å². The second-order valence-corrected chi connectivity index (χ2v) is 8.22. The van der Waals surface area contributed by atoms with E-state index < -0.39 is 15.8 Å². The zero-order chi connectivity index (χ0) is 19.6. The summed E-state index contributed by atoms with van der Waals surface area (Å²) in [4.78, 5) is 15.8. The Balaban J connectivity index is 1.89. The lowest BCUT2D eigenvalue weighted by molar-refractivity contribution is -0.120. The van der Waals surface area contributed by atoms with Crippen LogP contribution in [0.25, 0.3) is 0 Å². The van der Waals surface area contributed by atoms with Crippen molar-refractivity contribution < 1.29 is 17.6 Å². The Morgan fingerprint density at radius 1 is 1.30 bits per heavy atom. The molecule has 1 aromatic carbocycles. The lowest BCUT2D eigenvalue weighted by atomic mass is 10.2. The van der Waals surface area contributed by atoms with Crippen LogP contribution in [0.4, 0.5) is 4.39 Å². The third-order valence-electron chi connectivity index (χ3n) is 4.69. The molecule has 27 heavy (non-hydrogen) atoms. The fourth-order valence-electron chi connectivity index (χ4n) is 3.25. The molecule has 2 aromatic rings. The smallest absolute Gasteiger partial charge is 0.246 e. The number of sulfonamides is 1. The molecular formula is C18H23FN4O3S. The Kier molecular flexibility index (Phi) is 5.61. The maximum Gasteiger partial charge on any atom is 0.246 e. The first kappa shape index (κ1) is 19.5. The molecule has 1 aliphatic rings. The van der Waals surface area contributed by atoms with E-state index >= 15 is 0 Å². The molecule has 0 fully saturated rings. The fraction of sp³-hybridized carbons (Fsp3) is 0.444. The van der Waals surface area contributed by atoms with Crippen molar-refractivity contribution in [1.82, 2.24) is 19.2 Å². The summed E-state index contributed by atoms with van der Waals surface area (Å²) in [7, 11) is -3.93. The molecule has 0 saturated heterocycles. The van der Waals surface area contributed by atoms with Gasteiger partial charge in [-0.05, 0) is 19.1 Å². The Labute approximate surface area is 158 Å². The summed E-state index contributed by atoms with van der Waals surface area (Å²) in [6.07, 6.45) is 0.839. The van der Waals surface area contributed by atoms with Gasteiger partial charge in [0.1, 0.15) is 16.5 Å². The summed E-state index contributed by atoms with van der Waals surface area (Å²) in [5.74, 6) is -0.118. The van der Waals surface area contributed by atoms with Crippen LogP contribution in [0.5, 0.6) is 0 Å². The molecule has 1 N–H and O–H groups in total. The number of rotatable bonds is 6. The Hall–Kier alpha value is -2.26. The summed E-state index contributed by atoms with van der Waals surface area (Å²) >= 11 is 0. The minimum atomic E-state index is -3.93. The van der Waals surface area contributed by atoms with Crippen LogP contribution in [0.3, 0.4) is 0 Å². The first-order valence-corrected chi connectivity index (χ1v) is 10.4. The Morgan fingerprint density at radius 3 is 2.70 bits per heavy atom. The zero-order valence-corrected chi connectivity index (χ0v) is 16.2. The van der Waals surface area contributed by atoms with Crippen LogP contribution in [0, 0.1) is 5.82 Å². The lowest BCUT2D eigenvalue weighted by Gasteiger charge is -2.27. The first-order chi connectivity index (χ1) is 12.9. The maximum atomic E-state index is 14.0. The highest BCUT2D eigenvalue weighted by molar-refractivity contribution is 7.89. The van der Waals surface area contributed by atoms with Crippen LogP contribution in [-0.4, -0.2) is 34.7 Å². The van der Waals surface area contributed by atoms with Gasteiger partial charge in [-0.25, -0.2) is 17.8 Å². The molecule has 0 atom stereocenters. The molecule has 3 rings (SSSR count). The molecule has 1 amide bonds. The molecule has 9 heteroatoms. The standard InChI is InChI=1S/C18H23FN4O3S/c1-3-18(24)20-11-17-21-14-9-10-22(12-15(14)23(17)4-2)27(25,26)16-8-6-5-7-13(16)19/h5-8H,3-4,9-12H2,1-2H3,(H,20,24). The van der Waals surface area contributed by atoms with Gasteiger partial charge in [-0.1, -0.05) is 19.1 Å². The number of amides is 1. The van der Waals surface area contributed by atoms with E-state index in [1.165, 1.54) is 22.5 Å². The summed E-state index contributed by atoms with van der Waals surface area (Å²) in [5, 5.41) is 2.80. The number of hydrogen-bond acceptors (Lipinski definition) is 4. The minimum Gasteiger partial charge on any atom is -0.349 e. The molecular weight excluding hydrogens is 371 g/mol. The number of hydrogen-bond donors (Lipinski definition) is 1. The quantitative estimate of drug-likeness (QED) is 0.810. The van der Waals surface area contributed by atoms with E-state index in [-0.39, 0.29) is 23.9 Å². The van der Waals surface area contributed by atoms with Crippen LogP contribution in [0.2, 0.25) is 0 Å². The average molecular weight is 394 g/mol. The van der Waals surface area contributed by atoms with Crippen LogP contribution >= 0.6 is 0 Å². The number of nitrogens with zero attached hydrogens (tertiary/aromatic N) is 3. The van der Waals surface area contributed by atoms with Gasteiger partial charge in [0.15, 0.2) is 0 Å². The van der Waals surface area contributed by atoms with Crippen LogP contribution < -0.4 is 5.32 Å². The van der Waals surface area contributed by atoms with Crippen molar-refractivity contribution in [3.8, 4) is 0 Å². The van der Waals surface area contributed by atoms with Gasteiger partial charge in [-0.15, -0.1) is 0 Å². The van der Waals surface area contributed by atoms with E-state index in [4.69, 9.17) is 0 Å². The highest BCUT2D eigenvalue weighted by Crippen LogP contribution is 2.27. The van der Waals surface area contributed by atoms with Gasteiger partial charge in [0, 0.05) is 25.9 Å². The molecule has 0 bridgehead atoms. The van der Waals surface area contributed by atoms with Crippen molar-refractivity contribution in [2.75, 3.05) is 6.54 Å². The zero-order valence-electron chi connectivity index (χ0n) is 15.4. The van der Waals surface area contributed by atoms with Crippen LogP contribution in [0.1, 0.15) is 37.5 Å². The fourth-order valence-corrected chi connectivity index (χ4v) is 4.72. The second kappa shape index (κ2) is 7.77. The third-order valence-corrected chi connectivity index (χ3v) is 6.57. The molecule has 0 spiro atoms. The van der Waals surface area contributed by atoms with Gasteiger partial charge >= 0.3 is 0 Å². The van der Waals surface area contributed by atoms with Gasteiger partial charge in [-0.3, -0.25) is 4.79 Å². The monoisotopic (exact) mass is 394 g/mol. The number of nitrogens with one attached hydrogen (secondary N) is 1. The van der Waals surface area contributed by atoms with Crippen molar-refractivity contribution in [1.29, 1.82) is 0 Å². The van der Waals surface area contributed by atoms with E-state index in [1.807, 2.05) is 11.5 Å². The SMILES string of the molecule is CCC(=O)NCc1nc2c(n1CC)CN(S(=O)(=O)c1ccccc1F)CC2. The number of carbonyl (C=O) groups excluding carboxylic acids is 1. The van der Waals surface area contributed by atoms with Crippen molar-refractivity contribution in [3.05, 3.63) is 47.3 Å². The molecule has 1 aromatic heterocycles. The predicted octanol–water partition coefficient (Wildman–Crippen LogP) is 1.82. The number of halogens is 1. The average Bonchev–Trinajstić information content (AvgIpc) is 3.02. The van der Waals surface area contributed by atoms with Gasteiger partial charge in [-0.2, -0.15) is 4.31 Å². The molecule has 7 nitrogen and oxygen atoms in total. The summed E-state index contributed by atoms with van der Waals surface area (Å²) in [6, 6.07) is 5.40. The van der Waals surface area contributed by atoms with Gasteiger partial charge in [0.25, 0.3) is 0 Å². The normalized spacial score (nSPS) is 14.8. The molecule has 1 aliphatic heterocycles. The molecule has 2 heterocycles. The molecule has 0 saturated carbocycles. The largest absolute Gasteiger partial charge is 0.349 e. The summed E-state index contributed by atoms with van der Waals surface area (Å²) in [6.45, 7) is 5.00. The minimum absolute atomic E-state index is 0.0672. The number of fused-ring (bicyclic) bond motifs is 1. The number of imidazole rings is 1. The second-order valence-electron chi connectivity index (χ2n) is 6.31. The van der Waals surface area contributed by atoms with Gasteiger partial charge in [0.2, 0.25) is 15.9 Å². The summed E-state index contributed by atoms with van der Waals surface area (Å²) < 4.78 is 43.0. The highest BCUT2D eigenvalue weighted by atomic mass is 32.2. The number of aromatic nitrogens is 2. The summed E-state index contributed by atoms with van der Waals surface area (Å²) in [5.41, 5.74) is 1.63. The van der Waals surface area contributed by atoms with Crippen molar-refractivity contribution in [3.63, 3.8) is 0 Å². The molecule has 146 valence electrons. The van der Waals surface area contributed by atoms with Crippen molar-refractivity contribution in [2.24, 2.45) is 0 Å². The Bertz CT molecular complexity index is 956. The van der Waals surface area contributed by atoms with Crippen LogP contribution in [-0.2, 0) is 40.9 Å². The van der Waals surface area contributed by atoms with Gasteiger partial charge < -0.3 is 9.88 Å². The number of carbonyl (C=O) groups is 1. The van der Waals surface area contributed by atoms with Crippen molar-refractivity contribution >= 4 is 15.9 Å². The van der Waals surface area contributed by atoms with E-state index in [2.05, 4.69) is 10.3 Å². The van der Waals surface area contributed by atoms with E-state index in [0.717, 1.165) is 17.5 Å². The maximum absolute atomic E-state index is 14.0. The first-order valence-electron chi connectivity index (χ1n) is 8.97. The van der Waals surface area contributed by atoms with E-state index in [9.17, 15) is 17.6 Å². The lowest BCUT2D eigenvalue weighted by Crippen LogP contribution is -2.37. The van der Waals surface area contributed by atoms with Crippen molar-refractivity contribution in [2.45, 2.75) is 51.2 Å². The van der Waals surface area contributed by atoms with Crippen LogP contribution in [0.15, 0.2) is 29.2 Å². The van der Waals surface area contributed by atoms with E-state index in [0.29, 0.717) is 31.8 Å². The Morgan fingerprint density at radius 2 is 2.04 bits per heavy atom. The third kappa shape index (κ3) is 3.74. The molecule has 0 aliphatic carbocycles. The topological polar surface area (TPSA) is 84.3 Å². The molecule has 0 unspecified atom stereocenters. The molecule has 0 radical (unpaired) electrons. The highest BCUT2D eigenvalue weighted by Gasteiger charge is 2.33.